The summed E-state index contributed by atoms with van der Waals surface area (Å²) in [4.78, 5) is 16.2. The molecule has 1 heterocycles. The number of nitrogens with zero attached hydrogens (tertiary/aromatic N) is 1. The van der Waals surface area contributed by atoms with Crippen molar-refractivity contribution < 1.29 is 4.79 Å². The van der Waals surface area contributed by atoms with Crippen LogP contribution < -0.4 is 5.32 Å². The number of hydrogen-bond donors (Lipinski definition) is 1. The summed E-state index contributed by atoms with van der Waals surface area (Å²) < 4.78 is 0. The van der Waals surface area contributed by atoms with Crippen LogP contribution in [0.15, 0.2) is 18.2 Å². The second-order valence-electron chi connectivity index (χ2n) is 5.31. The topological polar surface area (TPSA) is 42.0 Å². The van der Waals surface area contributed by atoms with E-state index in [9.17, 15) is 4.79 Å². The maximum Gasteiger partial charge on any atom is 0.270 e. The summed E-state index contributed by atoms with van der Waals surface area (Å²) in [7, 11) is 0. The Morgan fingerprint density at radius 3 is 2.44 bits per heavy atom. The molecule has 3 heteroatoms. The molecule has 0 aliphatic carbocycles. The van der Waals surface area contributed by atoms with Gasteiger partial charge in [-0.15, -0.1) is 0 Å². The van der Waals surface area contributed by atoms with Crippen LogP contribution in [0.3, 0.4) is 0 Å². The lowest BCUT2D eigenvalue weighted by Crippen LogP contribution is -2.41. The molecule has 0 fully saturated rings. The number of rotatable bonds is 2. The Kier molecular flexibility index (Phi) is 3.68. The minimum atomic E-state index is -0.230. The number of aromatic nitrogens is 1. The van der Waals surface area contributed by atoms with Crippen molar-refractivity contribution in [3.8, 4) is 0 Å². The Bertz CT molecular complexity index is 378. The smallest absolute Gasteiger partial charge is 0.270 e. The molecule has 1 amide bonds. The van der Waals surface area contributed by atoms with Crippen molar-refractivity contribution >= 4 is 5.91 Å². The number of nitrogens with one attached hydrogen (secondary N) is 1. The van der Waals surface area contributed by atoms with E-state index in [2.05, 4.69) is 24.1 Å². The molecule has 0 aliphatic rings. The Morgan fingerprint density at radius 2 is 1.94 bits per heavy atom. The van der Waals surface area contributed by atoms with Crippen molar-refractivity contribution in [3.63, 3.8) is 0 Å². The van der Waals surface area contributed by atoms with Gasteiger partial charge in [-0.2, -0.15) is 0 Å². The standard InChI is InChI=1S/C13H20N2O/c1-9(2)10-7-6-8-11(14-10)12(16)15-13(3,4)5/h6-9H,1-5H3,(H,15,16). The van der Waals surface area contributed by atoms with E-state index in [-0.39, 0.29) is 11.4 Å². The number of hydrogen-bond acceptors (Lipinski definition) is 2. The van der Waals surface area contributed by atoms with E-state index >= 15 is 0 Å². The first-order valence-corrected chi connectivity index (χ1v) is 5.59. The van der Waals surface area contributed by atoms with Gasteiger partial charge in [-0.1, -0.05) is 19.9 Å². The van der Waals surface area contributed by atoms with Gasteiger partial charge in [-0.25, -0.2) is 4.98 Å². The van der Waals surface area contributed by atoms with E-state index in [1.807, 2.05) is 32.9 Å². The Morgan fingerprint density at radius 1 is 1.31 bits per heavy atom. The maximum absolute atomic E-state index is 11.9. The lowest BCUT2D eigenvalue weighted by Gasteiger charge is -2.20. The van der Waals surface area contributed by atoms with Gasteiger partial charge < -0.3 is 5.32 Å². The minimum Gasteiger partial charge on any atom is -0.346 e. The quantitative estimate of drug-likeness (QED) is 0.832. The molecule has 1 N–H and O–H groups in total. The predicted octanol–water partition coefficient (Wildman–Crippen LogP) is 2.73. The molecule has 1 rings (SSSR count). The number of pyridine rings is 1. The van der Waals surface area contributed by atoms with E-state index < -0.39 is 0 Å². The lowest BCUT2D eigenvalue weighted by molar-refractivity contribution is 0.0914. The molecule has 0 aromatic carbocycles. The van der Waals surface area contributed by atoms with Gasteiger partial charge in [0.25, 0.3) is 5.91 Å². The summed E-state index contributed by atoms with van der Waals surface area (Å²) in [6.07, 6.45) is 0. The first-order valence-electron chi connectivity index (χ1n) is 5.59. The summed E-state index contributed by atoms with van der Waals surface area (Å²) in [5, 5.41) is 2.90. The van der Waals surface area contributed by atoms with Crippen molar-refractivity contribution in [2.75, 3.05) is 0 Å². The average Bonchev–Trinajstić information content (AvgIpc) is 2.15. The van der Waals surface area contributed by atoms with Gasteiger partial charge in [-0.3, -0.25) is 4.79 Å². The summed E-state index contributed by atoms with van der Waals surface area (Å²) in [6, 6.07) is 5.56. The fourth-order valence-corrected chi connectivity index (χ4v) is 1.30. The lowest BCUT2D eigenvalue weighted by atomic mass is 10.1. The van der Waals surface area contributed by atoms with Gasteiger partial charge in [0.1, 0.15) is 5.69 Å². The molecule has 0 bridgehead atoms. The second kappa shape index (κ2) is 4.64. The summed E-state index contributed by atoms with van der Waals surface area (Å²) >= 11 is 0. The number of amides is 1. The molecular formula is C13H20N2O. The highest BCUT2D eigenvalue weighted by molar-refractivity contribution is 5.92. The van der Waals surface area contributed by atoms with Crippen molar-refractivity contribution in [1.29, 1.82) is 0 Å². The Balaban J connectivity index is 2.88. The van der Waals surface area contributed by atoms with Crippen LogP contribution in [-0.2, 0) is 0 Å². The average molecular weight is 220 g/mol. The Hall–Kier alpha value is -1.38. The fourth-order valence-electron chi connectivity index (χ4n) is 1.30. The first-order chi connectivity index (χ1) is 7.29. The molecule has 0 spiro atoms. The van der Waals surface area contributed by atoms with Crippen molar-refractivity contribution in [2.24, 2.45) is 0 Å². The third-order valence-corrected chi connectivity index (χ3v) is 2.08. The molecule has 0 radical (unpaired) electrons. The summed E-state index contributed by atoms with van der Waals surface area (Å²) in [6.45, 7) is 9.99. The van der Waals surface area contributed by atoms with Crippen molar-refractivity contribution in [1.82, 2.24) is 10.3 Å². The molecule has 0 unspecified atom stereocenters. The van der Waals surface area contributed by atoms with Crippen LogP contribution in [0, 0.1) is 0 Å². The summed E-state index contributed by atoms with van der Waals surface area (Å²) in [5.74, 6) is 0.220. The molecule has 0 atom stereocenters. The molecule has 0 aliphatic heterocycles. The normalized spacial score (nSPS) is 11.6. The zero-order chi connectivity index (χ0) is 12.3. The highest BCUT2D eigenvalue weighted by atomic mass is 16.2. The third-order valence-electron chi connectivity index (χ3n) is 2.08. The monoisotopic (exact) mass is 220 g/mol. The maximum atomic E-state index is 11.9. The van der Waals surface area contributed by atoms with Crippen LogP contribution in [0.1, 0.15) is 56.7 Å². The molecule has 1 aromatic rings. The predicted molar refractivity (Wildman–Crippen MR) is 65.5 cm³/mol. The fraction of sp³-hybridized carbons (Fsp3) is 0.538. The minimum absolute atomic E-state index is 0.116. The highest BCUT2D eigenvalue weighted by Crippen LogP contribution is 2.12. The zero-order valence-electron chi connectivity index (χ0n) is 10.7. The van der Waals surface area contributed by atoms with E-state index in [4.69, 9.17) is 0 Å². The van der Waals surface area contributed by atoms with Crippen LogP contribution in [0.2, 0.25) is 0 Å². The van der Waals surface area contributed by atoms with Crippen LogP contribution in [-0.4, -0.2) is 16.4 Å². The van der Waals surface area contributed by atoms with Crippen LogP contribution >= 0.6 is 0 Å². The van der Waals surface area contributed by atoms with E-state index in [1.54, 1.807) is 6.07 Å². The molecule has 16 heavy (non-hydrogen) atoms. The van der Waals surface area contributed by atoms with Gasteiger partial charge in [-0.05, 0) is 38.8 Å². The van der Waals surface area contributed by atoms with Crippen LogP contribution in [0.25, 0.3) is 0 Å². The highest BCUT2D eigenvalue weighted by Gasteiger charge is 2.16. The molecular weight excluding hydrogens is 200 g/mol. The van der Waals surface area contributed by atoms with E-state index in [0.717, 1.165) is 5.69 Å². The van der Waals surface area contributed by atoms with Crippen LogP contribution in [0.5, 0.6) is 0 Å². The molecule has 1 aromatic heterocycles. The first kappa shape index (κ1) is 12.7. The van der Waals surface area contributed by atoms with Gasteiger partial charge in [0, 0.05) is 11.2 Å². The van der Waals surface area contributed by atoms with Gasteiger partial charge in [0.2, 0.25) is 0 Å². The van der Waals surface area contributed by atoms with Crippen LogP contribution in [0.4, 0.5) is 0 Å². The Labute approximate surface area is 97.3 Å². The second-order valence-corrected chi connectivity index (χ2v) is 5.31. The molecule has 88 valence electrons. The molecule has 0 saturated heterocycles. The zero-order valence-corrected chi connectivity index (χ0v) is 10.7. The summed E-state index contributed by atoms with van der Waals surface area (Å²) in [5.41, 5.74) is 1.20. The van der Waals surface area contributed by atoms with Crippen molar-refractivity contribution in [2.45, 2.75) is 46.1 Å². The molecule has 0 saturated carbocycles. The number of carbonyl (C=O) groups excluding carboxylic acids is 1. The molecule has 3 nitrogen and oxygen atoms in total. The van der Waals surface area contributed by atoms with Gasteiger partial charge >= 0.3 is 0 Å². The van der Waals surface area contributed by atoms with Gasteiger partial charge in [0.05, 0.1) is 0 Å². The van der Waals surface area contributed by atoms with Crippen molar-refractivity contribution in [3.05, 3.63) is 29.6 Å². The third kappa shape index (κ3) is 3.65. The SMILES string of the molecule is CC(C)c1cccc(C(=O)NC(C)(C)C)n1. The van der Waals surface area contributed by atoms with Gasteiger partial charge in [0.15, 0.2) is 0 Å². The number of carbonyl (C=O) groups is 1. The van der Waals surface area contributed by atoms with E-state index in [1.165, 1.54) is 0 Å². The largest absolute Gasteiger partial charge is 0.346 e. The van der Waals surface area contributed by atoms with E-state index in [0.29, 0.717) is 11.6 Å².